The first kappa shape index (κ1) is 18.5. The van der Waals surface area contributed by atoms with Crippen LogP contribution in [-0.4, -0.2) is 42.5 Å². The summed E-state index contributed by atoms with van der Waals surface area (Å²) in [5, 5.41) is 3.00. The minimum atomic E-state index is -0.549. The first-order chi connectivity index (χ1) is 11.2. The van der Waals surface area contributed by atoms with Crippen LogP contribution in [-0.2, 0) is 19.7 Å². The van der Waals surface area contributed by atoms with Crippen molar-refractivity contribution in [1.82, 2.24) is 10.2 Å². The van der Waals surface area contributed by atoms with Crippen molar-refractivity contribution >= 4 is 11.8 Å². The van der Waals surface area contributed by atoms with E-state index < -0.39 is 6.04 Å². The highest BCUT2D eigenvalue weighted by atomic mass is 16.5. The van der Waals surface area contributed by atoms with E-state index in [4.69, 9.17) is 4.74 Å². The SMILES string of the molecule is CC(=O)N1CCOC[C@H]1C(=O)N[C@@H](C)c1ccc(C(C)(C)C)cc1. The van der Waals surface area contributed by atoms with Gasteiger partial charge in [0, 0.05) is 13.5 Å². The maximum Gasteiger partial charge on any atom is 0.245 e. The molecule has 1 aromatic carbocycles. The largest absolute Gasteiger partial charge is 0.377 e. The van der Waals surface area contributed by atoms with E-state index in [1.54, 1.807) is 4.90 Å². The number of benzene rings is 1. The Balaban J connectivity index is 2.04. The molecular weight excluding hydrogens is 304 g/mol. The summed E-state index contributed by atoms with van der Waals surface area (Å²) in [5.41, 5.74) is 2.41. The van der Waals surface area contributed by atoms with Crippen molar-refractivity contribution in [2.45, 2.75) is 52.1 Å². The Morgan fingerprint density at radius 1 is 1.25 bits per heavy atom. The van der Waals surface area contributed by atoms with Gasteiger partial charge in [-0.3, -0.25) is 9.59 Å². The van der Waals surface area contributed by atoms with Gasteiger partial charge in [-0.25, -0.2) is 0 Å². The van der Waals surface area contributed by atoms with E-state index in [0.717, 1.165) is 5.56 Å². The number of amides is 2. The Labute approximate surface area is 144 Å². The third kappa shape index (κ3) is 4.35. The van der Waals surface area contributed by atoms with E-state index in [-0.39, 0.29) is 29.9 Å². The first-order valence-corrected chi connectivity index (χ1v) is 8.46. The summed E-state index contributed by atoms with van der Waals surface area (Å²) in [6.45, 7) is 11.1. The van der Waals surface area contributed by atoms with Gasteiger partial charge in [0.1, 0.15) is 6.04 Å². The van der Waals surface area contributed by atoms with Crippen LogP contribution < -0.4 is 5.32 Å². The van der Waals surface area contributed by atoms with Crippen molar-refractivity contribution < 1.29 is 14.3 Å². The number of carbonyl (C=O) groups excluding carboxylic acids is 2. The smallest absolute Gasteiger partial charge is 0.245 e. The van der Waals surface area contributed by atoms with Crippen molar-refractivity contribution in [3.8, 4) is 0 Å². The van der Waals surface area contributed by atoms with E-state index in [1.165, 1.54) is 12.5 Å². The van der Waals surface area contributed by atoms with Crippen LogP contribution >= 0.6 is 0 Å². The second kappa shape index (κ2) is 7.34. The molecule has 1 N–H and O–H groups in total. The molecular formula is C19H28N2O3. The summed E-state index contributed by atoms with van der Waals surface area (Å²) in [4.78, 5) is 25.8. The van der Waals surface area contributed by atoms with Gasteiger partial charge in [-0.05, 0) is 23.5 Å². The van der Waals surface area contributed by atoms with Crippen molar-refractivity contribution in [2.75, 3.05) is 19.8 Å². The van der Waals surface area contributed by atoms with Crippen LogP contribution in [0.4, 0.5) is 0 Å². The van der Waals surface area contributed by atoms with Crippen LogP contribution in [0.3, 0.4) is 0 Å². The minimum Gasteiger partial charge on any atom is -0.377 e. The average Bonchev–Trinajstić information content (AvgIpc) is 2.54. The van der Waals surface area contributed by atoms with Gasteiger partial charge >= 0.3 is 0 Å². The van der Waals surface area contributed by atoms with Crippen molar-refractivity contribution in [1.29, 1.82) is 0 Å². The first-order valence-electron chi connectivity index (χ1n) is 8.46. The fraction of sp³-hybridized carbons (Fsp3) is 0.579. The van der Waals surface area contributed by atoms with E-state index in [2.05, 4.69) is 38.2 Å². The third-order valence-corrected chi connectivity index (χ3v) is 4.47. The minimum absolute atomic E-state index is 0.0966. The van der Waals surface area contributed by atoms with Gasteiger partial charge in [-0.15, -0.1) is 0 Å². The molecule has 2 amide bonds. The van der Waals surface area contributed by atoms with Gasteiger partial charge in [0.2, 0.25) is 11.8 Å². The second-order valence-corrected chi connectivity index (χ2v) is 7.41. The fourth-order valence-electron chi connectivity index (χ4n) is 2.86. The summed E-state index contributed by atoms with van der Waals surface area (Å²) in [6.07, 6.45) is 0. The third-order valence-electron chi connectivity index (χ3n) is 4.47. The molecule has 2 rings (SSSR count). The van der Waals surface area contributed by atoms with Gasteiger partial charge in [0.15, 0.2) is 0 Å². The standard InChI is InChI=1S/C19H28N2O3/c1-13(15-6-8-16(9-7-15)19(3,4)5)20-18(23)17-12-24-11-10-21(17)14(2)22/h6-9,13,17H,10-12H2,1-5H3,(H,20,23)/t13-,17-/m0/s1. The number of morpholine rings is 1. The van der Waals surface area contributed by atoms with Crippen molar-refractivity contribution in [3.63, 3.8) is 0 Å². The Bertz CT molecular complexity index is 590. The molecule has 5 nitrogen and oxygen atoms in total. The molecule has 0 bridgehead atoms. The van der Waals surface area contributed by atoms with Crippen LogP contribution in [0.15, 0.2) is 24.3 Å². The number of rotatable bonds is 3. The highest BCUT2D eigenvalue weighted by Crippen LogP contribution is 2.24. The van der Waals surface area contributed by atoms with E-state index >= 15 is 0 Å². The monoisotopic (exact) mass is 332 g/mol. The molecule has 2 atom stereocenters. The van der Waals surface area contributed by atoms with Gasteiger partial charge in [-0.1, -0.05) is 45.0 Å². The molecule has 0 aliphatic carbocycles. The molecule has 1 heterocycles. The molecule has 0 radical (unpaired) electrons. The summed E-state index contributed by atoms with van der Waals surface area (Å²) >= 11 is 0. The van der Waals surface area contributed by atoms with Crippen LogP contribution in [0.2, 0.25) is 0 Å². The van der Waals surface area contributed by atoms with Crippen molar-refractivity contribution in [2.24, 2.45) is 0 Å². The van der Waals surface area contributed by atoms with Gasteiger partial charge in [-0.2, -0.15) is 0 Å². The second-order valence-electron chi connectivity index (χ2n) is 7.41. The van der Waals surface area contributed by atoms with Gasteiger partial charge < -0.3 is 15.0 Å². The lowest BCUT2D eigenvalue weighted by Crippen LogP contribution is -2.55. The molecule has 1 aliphatic rings. The molecule has 0 aromatic heterocycles. The number of hydrogen-bond donors (Lipinski definition) is 1. The summed E-state index contributed by atoms with van der Waals surface area (Å²) in [5.74, 6) is -0.266. The Kier molecular flexibility index (Phi) is 5.65. The summed E-state index contributed by atoms with van der Waals surface area (Å²) in [6, 6.07) is 7.62. The van der Waals surface area contributed by atoms with E-state index in [9.17, 15) is 9.59 Å². The zero-order valence-electron chi connectivity index (χ0n) is 15.3. The number of ether oxygens (including phenoxy) is 1. The zero-order valence-corrected chi connectivity index (χ0v) is 15.3. The summed E-state index contributed by atoms with van der Waals surface area (Å²) in [7, 11) is 0. The van der Waals surface area contributed by atoms with Crippen LogP contribution in [0, 0.1) is 0 Å². The van der Waals surface area contributed by atoms with Gasteiger partial charge in [0.05, 0.1) is 19.3 Å². The maximum absolute atomic E-state index is 12.5. The Morgan fingerprint density at radius 2 is 1.88 bits per heavy atom. The number of hydrogen-bond acceptors (Lipinski definition) is 3. The highest BCUT2D eigenvalue weighted by molar-refractivity contribution is 5.87. The predicted molar refractivity (Wildman–Crippen MR) is 93.7 cm³/mol. The van der Waals surface area contributed by atoms with Crippen LogP contribution in [0.5, 0.6) is 0 Å². The lowest BCUT2D eigenvalue weighted by molar-refractivity contribution is -0.147. The lowest BCUT2D eigenvalue weighted by Gasteiger charge is -2.34. The number of carbonyl (C=O) groups is 2. The number of nitrogens with one attached hydrogen (secondary N) is 1. The topological polar surface area (TPSA) is 58.6 Å². The molecule has 1 fully saturated rings. The molecule has 1 aromatic rings. The molecule has 24 heavy (non-hydrogen) atoms. The van der Waals surface area contributed by atoms with E-state index in [1.807, 2.05) is 19.1 Å². The predicted octanol–water partition coefficient (Wildman–Crippen LogP) is 2.41. The zero-order chi connectivity index (χ0) is 17.9. The van der Waals surface area contributed by atoms with E-state index in [0.29, 0.717) is 13.2 Å². The molecule has 0 spiro atoms. The highest BCUT2D eigenvalue weighted by Gasteiger charge is 2.31. The average molecular weight is 332 g/mol. The van der Waals surface area contributed by atoms with Crippen LogP contribution in [0.25, 0.3) is 0 Å². The number of nitrogens with zero attached hydrogens (tertiary/aromatic N) is 1. The normalized spacial score (nSPS) is 19.7. The fourth-order valence-corrected chi connectivity index (χ4v) is 2.86. The van der Waals surface area contributed by atoms with Crippen LogP contribution in [0.1, 0.15) is 51.8 Å². The molecule has 5 heteroatoms. The molecule has 0 unspecified atom stereocenters. The summed E-state index contributed by atoms with van der Waals surface area (Å²) < 4.78 is 5.37. The lowest BCUT2D eigenvalue weighted by atomic mass is 9.86. The Morgan fingerprint density at radius 3 is 2.42 bits per heavy atom. The molecule has 132 valence electrons. The molecule has 1 aliphatic heterocycles. The maximum atomic E-state index is 12.5. The molecule has 0 saturated carbocycles. The molecule has 1 saturated heterocycles. The van der Waals surface area contributed by atoms with Crippen molar-refractivity contribution in [3.05, 3.63) is 35.4 Å². The van der Waals surface area contributed by atoms with Gasteiger partial charge in [0.25, 0.3) is 0 Å². The quantitative estimate of drug-likeness (QED) is 0.925. The Hall–Kier alpha value is -1.88.